The topological polar surface area (TPSA) is 67.9 Å². The Hall–Kier alpha value is -3.28. The predicted molar refractivity (Wildman–Crippen MR) is 116 cm³/mol. The third-order valence-corrected chi connectivity index (χ3v) is 4.35. The van der Waals surface area contributed by atoms with Crippen molar-refractivity contribution >= 4 is 23.6 Å². The number of nitrogens with one attached hydrogen (secondary N) is 1. The lowest BCUT2D eigenvalue weighted by molar-refractivity contribution is -0.118. The lowest BCUT2D eigenvalue weighted by atomic mass is 10.1. The summed E-state index contributed by atoms with van der Waals surface area (Å²) in [6.45, 7) is 6.90. The highest BCUT2D eigenvalue weighted by molar-refractivity contribution is 5.97. The molecule has 154 valence electrons. The maximum Gasteiger partial charge on any atom is 0.262 e. The normalized spacial score (nSPS) is 10.6. The first kappa shape index (κ1) is 22.0. The van der Waals surface area contributed by atoms with Gasteiger partial charge >= 0.3 is 0 Å². The average molecular weight is 396 g/mol. The van der Waals surface area contributed by atoms with E-state index >= 15 is 0 Å². The van der Waals surface area contributed by atoms with Gasteiger partial charge in [0.2, 0.25) is 0 Å². The van der Waals surface area contributed by atoms with Crippen molar-refractivity contribution in [2.75, 3.05) is 32.1 Å². The first-order chi connectivity index (χ1) is 14.0. The first-order valence-electron chi connectivity index (χ1n) is 9.65. The smallest absolute Gasteiger partial charge is 0.262 e. The molecule has 0 saturated carbocycles. The molecule has 6 heteroatoms. The highest BCUT2D eigenvalue weighted by atomic mass is 16.5. The quantitative estimate of drug-likeness (QED) is 0.689. The number of ether oxygens (including phenoxy) is 2. The van der Waals surface area contributed by atoms with E-state index in [1.165, 1.54) is 0 Å². The van der Waals surface area contributed by atoms with E-state index in [0.29, 0.717) is 35.8 Å². The average Bonchev–Trinajstić information content (AvgIpc) is 2.74. The molecule has 2 rings (SSSR count). The molecular weight excluding hydrogens is 368 g/mol. The fourth-order valence-electron chi connectivity index (χ4n) is 2.86. The van der Waals surface area contributed by atoms with Crippen molar-refractivity contribution in [2.45, 2.75) is 20.8 Å². The van der Waals surface area contributed by atoms with Crippen molar-refractivity contribution in [3.63, 3.8) is 0 Å². The molecule has 0 aliphatic rings. The summed E-state index contributed by atoms with van der Waals surface area (Å²) in [7, 11) is 1.56. The number of anilines is 1. The fourth-order valence-corrected chi connectivity index (χ4v) is 2.86. The highest BCUT2D eigenvalue weighted by Crippen LogP contribution is 2.28. The SMILES string of the molecule is CC=Cc1ccc(OCC(=O)Nc2cccc(C(=O)N(CC)CC)c2)c(OC)c1. The summed E-state index contributed by atoms with van der Waals surface area (Å²) in [6, 6.07) is 12.4. The molecule has 0 aromatic heterocycles. The van der Waals surface area contributed by atoms with Gasteiger partial charge in [-0.2, -0.15) is 0 Å². The first-order valence-corrected chi connectivity index (χ1v) is 9.65. The Bertz CT molecular complexity index is 873. The molecule has 0 radical (unpaired) electrons. The maximum atomic E-state index is 12.5. The molecule has 0 aliphatic heterocycles. The third kappa shape index (κ3) is 6.10. The molecule has 2 aromatic carbocycles. The van der Waals surface area contributed by atoms with Gasteiger partial charge in [0.25, 0.3) is 11.8 Å². The Morgan fingerprint density at radius 1 is 1.07 bits per heavy atom. The zero-order chi connectivity index (χ0) is 21.2. The Morgan fingerprint density at radius 3 is 2.48 bits per heavy atom. The molecule has 0 saturated heterocycles. The van der Waals surface area contributed by atoms with Gasteiger partial charge in [-0.1, -0.05) is 24.3 Å². The Labute approximate surface area is 172 Å². The highest BCUT2D eigenvalue weighted by Gasteiger charge is 2.14. The maximum absolute atomic E-state index is 12.5. The molecule has 29 heavy (non-hydrogen) atoms. The van der Waals surface area contributed by atoms with E-state index in [-0.39, 0.29) is 18.4 Å². The molecule has 0 unspecified atom stereocenters. The Morgan fingerprint density at radius 2 is 1.83 bits per heavy atom. The van der Waals surface area contributed by atoms with Crippen molar-refractivity contribution in [3.8, 4) is 11.5 Å². The number of allylic oxidation sites excluding steroid dienone is 1. The molecule has 0 fully saturated rings. The lowest BCUT2D eigenvalue weighted by Gasteiger charge is -2.19. The predicted octanol–water partition coefficient (Wildman–Crippen LogP) is 4.23. The van der Waals surface area contributed by atoms with Gasteiger partial charge in [-0.3, -0.25) is 9.59 Å². The van der Waals surface area contributed by atoms with Crippen LogP contribution in [0.15, 0.2) is 48.5 Å². The van der Waals surface area contributed by atoms with Gasteiger partial charge in [-0.15, -0.1) is 0 Å². The molecule has 1 N–H and O–H groups in total. The van der Waals surface area contributed by atoms with Gasteiger partial charge < -0.3 is 19.7 Å². The summed E-state index contributed by atoms with van der Waals surface area (Å²) in [6.07, 6.45) is 3.88. The van der Waals surface area contributed by atoms with Crippen molar-refractivity contribution in [1.82, 2.24) is 4.90 Å². The number of nitrogens with zero attached hydrogens (tertiary/aromatic N) is 1. The summed E-state index contributed by atoms with van der Waals surface area (Å²) in [5, 5.41) is 2.76. The number of methoxy groups -OCH3 is 1. The van der Waals surface area contributed by atoms with Crippen molar-refractivity contribution in [3.05, 3.63) is 59.7 Å². The van der Waals surface area contributed by atoms with Crippen LogP contribution >= 0.6 is 0 Å². The zero-order valence-electron chi connectivity index (χ0n) is 17.4. The largest absolute Gasteiger partial charge is 0.493 e. The Kier molecular flexibility index (Phi) is 8.27. The van der Waals surface area contributed by atoms with Crippen LogP contribution in [0.3, 0.4) is 0 Å². The number of hydrogen-bond acceptors (Lipinski definition) is 4. The summed E-state index contributed by atoms with van der Waals surface area (Å²) in [5.74, 6) is 0.659. The van der Waals surface area contributed by atoms with Gasteiger partial charge in [0.15, 0.2) is 18.1 Å². The van der Waals surface area contributed by atoms with Gasteiger partial charge in [0.05, 0.1) is 7.11 Å². The van der Waals surface area contributed by atoms with Crippen LogP contribution in [0.4, 0.5) is 5.69 Å². The third-order valence-electron chi connectivity index (χ3n) is 4.35. The van der Waals surface area contributed by atoms with Crippen LogP contribution in [0, 0.1) is 0 Å². The number of amides is 2. The molecule has 0 heterocycles. The second-order valence-corrected chi connectivity index (χ2v) is 6.31. The number of hydrogen-bond donors (Lipinski definition) is 1. The molecule has 0 aliphatic carbocycles. The van der Waals surface area contributed by atoms with Crippen LogP contribution in [0.25, 0.3) is 6.08 Å². The van der Waals surface area contributed by atoms with Gasteiger partial charge in [-0.25, -0.2) is 0 Å². The summed E-state index contributed by atoms with van der Waals surface area (Å²) >= 11 is 0. The van der Waals surface area contributed by atoms with Crippen molar-refractivity contribution in [1.29, 1.82) is 0 Å². The Balaban J connectivity index is 2.01. The monoisotopic (exact) mass is 396 g/mol. The van der Waals surface area contributed by atoms with Crippen molar-refractivity contribution in [2.24, 2.45) is 0 Å². The van der Waals surface area contributed by atoms with Gasteiger partial charge in [0.1, 0.15) is 0 Å². The molecule has 2 aromatic rings. The molecule has 2 amide bonds. The van der Waals surface area contributed by atoms with Gasteiger partial charge in [-0.05, 0) is 56.7 Å². The number of rotatable bonds is 9. The van der Waals surface area contributed by atoms with E-state index in [1.54, 1.807) is 42.3 Å². The van der Waals surface area contributed by atoms with E-state index in [1.807, 2.05) is 45.1 Å². The number of carbonyl (C=O) groups excluding carboxylic acids is 2. The van der Waals surface area contributed by atoms with E-state index < -0.39 is 0 Å². The van der Waals surface area contributed by atoms with Gasteiger partial charge in [0, 0.05) is 24.3 Å². The summed E-state index contributed by atoms with van der Waals surface area (Å²) in [4.78, 5) is 26.5. The zero-order valence-corrected chi connectivity index (χ0v) is 17.4. The van der Waals surface area contributed by atoms with Crippen LogP contribution in [0.5, 0.6) is 11.5 Å². The number of carbonyl (C=O) groups is 2. The molecule has 0 atom stereocenters. The minimum Gasteiger partial charge on any atom is -0.493 e. The minimum atomic E-state index is -0.322. The molecule has 0 bridgehead atoms. The summed E-state index contributed by atoms with van der Waals surface area (Å²) < 4.78 is 10.9. The molecule has 6 nitrogen and oxygen atoms in total. The van der Waals surface area contributed by atoms with Crippen LogP contribution in [-0.2, 0) is 4.79 Å². The molecular formula is C23H28N2O4. The molecule has 0 spiro atoms. The van der Waals surface area contributed by atoms with Crippen LogP contribution in [0.1, 0.15) is 36.7 Å². The summed E-state index contributed by atoms with van der Waals surface area (Å²) in [5.41, 5.74) is 2.07. The van der Waals surface area contributed by atoms with E-state index in [9.17, 15) is 9.59 Å². The lowest BCUT2D eigenvalue weighted by Crippen LogP contribution is -2.30. The standard InChI is InChI=1S/C23H28N2O4/c1-5-9-17-12-13-20(21(14-17)28-4)29-16-22(26)24-19-11-8-10-18(15-19)23(27)25(6-2)7-3/h5,8-15H,6-7,16H2,1-4H3,(H,24,26). The number of benzene rings is 2. The van der Waals surface area contributed by atoms with Crippen LogP contribution in [-0.4, -0.2) is 43.5 Å². The van der Waals surface area contributed by atoms with Crippen molar-refractivity contribution < 1.29 is 19.1 Å². The van der Waals surface area contributed by atoms with Crippen LogP contribution in [0.2, 0.25) is 0 Å². The van der Waals surface area contributed by atoms with E-state index in [4.69, 9.17) is 9.47 Å². The van der Waals surface area contributed by atoms with Crippen LogP contribution < -0.4 is 14.8 Å². The minimum absolute atomic E-state index is 0.0618. The van der Waals surface area contributed by atoms with E-state index in [0.717, 1.165) is 5.56 Å². The second-order valence-electron chi connectivity index (χ2n) is 6.31. The second kappa shape index (κ2) is 10.9. The van der Waals surface area contributed by atoms with E-state index in [2.05, 4.69) is 5.32 Å². The fraction of sp³-hybridized carbons (Fsp3) is 0.304.